The lowest BCUT2D eigenvalue weighted by molar-refractivity contribution is -0.385. The number of benzene rings is 1. The first-order valence-corrected chi connectivity index (χ1v) is 5.34. The van der Waals surface area contributed by atoms with Gasteiger partial charge in [0.1, 0.15) is 5.82 Å². The number of nitro benzene ring substituents is 1. The third-order valence-electron chi connectivity index (χ3n) is 1.86. The second-order valence-corrected chi connectivity index (χ2v) is 3.67. The number of halogens is 1. The Morgan fingerprint density at radius 3 is 2.69 bits per heavy atom. The topological polar surface area (TPSA) is 95.3 Å². The molecule has 0 aromatic heterocycles. The molecule has 0 fully saturated rings. The molecule has 16 heavy (non-hydrogen) atoms. The first-order valence-electron chi connectivity index (χ1n) is 4.26. The van der Waals surface area contributed by atoms with Gasteiger partial charge in [0.05, 0.1) is 11.0 Å². The fourth-order valence-electron chi connectivity index (χ4n) is 1.12. The molecule has 0 aliphatic heterocycles. The summed E-state index contributed by atoms with van der Waals surface area (Å²) in [5.74, 6) is -0.715. The van der Waals surface area contributed by atoms with E-state index >= 15 is 0 Å². The molecule has 88 valence electrons. The van der Waals surface area contributed by atoms with E-state index in [1.54, 1.807) is 0 Å². The smallest absolute Gasteiger partial charge is 0.272 e. The summed E-state index contributed by atoms with van der Waals surface area (Å²) >= 11 is -2.39. The van der Waals surface area contributed by atoms with Gasteiger partial charge in [0, 0.05) is 23.9 Å². The van der Waals surface area contributed by atoms with Crippen molar-refractivity contribution in [3.05, 3.63) is 39.7 Å². The fraction of sp³-hybridized carbons (Fsp3) is 0.250. The summed E-state index contributed by atoms with van der Waals surface area (Å²) in [6, 6.07) is 3.25. The number of nitrogens with zero attached hydrogens (tertiary/aromatic N) is 1. The molecular weight excluding hydrogens is 239 g/mol. The summed E-state index contributed by atoms with van der Waals surface area (Å²) < 4.78 is 35.6. The third-order valence-corrected chi connectivity index (χ3v) is 2.30. The van der Waals surface area contributed by atoms with E-state index in [-0.39, 0.29) is 24.2 Å². The fourth-order valence-corrected chi connectivity index (χ4v) is 1.39. The molecule has 0 aliphatic carbocycles. The van der Waals surface area contributed by atoms with Crippen LogP contribution >= 0.6 is 0 Å². The zero-order valence-corrected chi connectivity index (χ0v) is 8.83. The van der Waals surface area contributed by atoms with Gasteiger partial charge in [0.15, 0.2) is 0 Å². The lowest BCUT2D eigenvalue weighted by atomic mass is 10.1. The van der Waals surface area contributed by atoms with Crippen LogP contribution in [0.3, 0.4) is 0 Å². The number of non-ortho nitro benzene ring substituents is 1. The molecule has 0 saturated heterocycles. The molecule has 0 heterocycles. The number of nitro groups is 1. The van der Waals surface area contributed by atoms with E-state index in [0.29, 0.717) is 0 Å². The predicted octanol–water partition coefficient (Wildman–Crippen LogP) is 0.660. The van der Waals surface area contributed by atoms with Crippen LogP contribution in [0.15, 0.2) is 18.2 Å². The Bertz CT molecular complexity index is 426. The second kappa shape index (κ2) is 5.64. The normalized spacial score (nSPS) is 12.4. The zero-order valence-electron chi connectivity index (χ0n) is 8.01. The van der Waals surface area contributed by atoms with Crippen LogP contribution in [0, 0.1) is 15.9 Å². The number of rotatable bonds is 5. The monoisotopic (exact) mass is 247 g/mol. The Labute approximate surface area is 93.0 Å². The Morgan fingerprint density at radius 2 is 2.19 bits per heavy atom. The van der Waals surface area contributed by atoms with Crippen LogP contribution in [0.1, 0.15) is 5.56 Å². The minimum Gasteiger partial charge on any atom is -0.760 e. The molecule has 0 aliphatic rings. The highest BCUT2D eigenvalue weighted by Crippen LogP contribution is 2.16. The molecule has 1 aromatic rings. The minimum absolute atomic E-state index is 0.0465. The molecule has 0 radical (unpaired) electrons. The van der Waals surface area contributed by atoms with E-state index in [1.165, 1.54) is 12.1 Å². The van der Waals surface area contributed by atoms with Gasteiger partial charge in [0.25, 0.3) is 5.69 Å². The largest absolute Gasteiger partial charge is 0.760 e. The van der Waals surface area contributed by atoms with E-state index < -0.39 is 22.0 Å². The van der Waals surface area contributed by atoms with E-state index in [2.05, 4.69) is 4.72 Å². The van der Waals surface area contributed by atoms with Gasteiger partial charge < -0.3 is 4.55 Å². The van der Waals surface area contributed by atoms with Gasteiger partial charge in [-0.15, -0.1) is 0 Å². The average molecular weight is 247 g/mol. The summed E-state index contributed by atoms with van der Waals surface area (Å²) in [6.07, 6.45) is 0.137. The number of hydrogen-bond donors (Lipinski definition) is 1. The van der Waals surface area contributed by atoms with Gasteiger partial charge in [-0.3, -0.25) is 14.3 Å². The summed E-state index contributed by atoms with van der Waals surface area (Å²) in [4.78, 5) is 9.62. The van der Waals surface area contributed by atoms with Crippen LogP contribution in [-0.2, 0) is 17.7 Å². The minimum atomic E-state index is -2.39. The SMILES string of the molecule is O=[N+]([O-])c1ccc(CCNS(=O)[O-])c(F)c1. The van der Waals surface area contributed by atoms with Gasteiger partial charge in [-0.2, -0.15) is 0 Å². The molecule has 1 rings (SSSR count). The number of nitrogens with one attached hydrogen (secondary N) is 1. The highest BCUT2D eigenvalue weighted by Gasteiger charge is 2.09. The van der Waals surface area contributed by atoms with Crippen LogP contribution in [0.5, 0.6) is 0 Å². The molecular formula is C8H8FN2O4S-. The maximum atomic E-state index is 13.2. The molecule has 0 bridgehead atoms. The van der Waals surface area contributed by atoms with Crippen molar-refractivity contribution < 1.29 is 18.1 Å². The Hall–Kier alpha value is -1.38. The van der Waals surface area contributed by atoms with Gasteiger partial charge in [-0.05, 0) is 18.1 Å². The van der Waals surface area contributed by atoms with Gasteiger partial charge in [-0.25, -0.2) is 9.11 Å². The van der Waals surface area contributed by atoms with Crippen LogP contribution in [-0.4, -0.2) is 20.2 Å². The van der Waals surface area contributed by atoms with Crippen molar-refractivity contribution in [1.29, 1.82) is 0 Å². The summed E-state index contributed by atoms with van der Waals surface area (Å²) in [6.45, 7) is 0.0465. The highest BCUT2D eigenvalue weighted by molar-refractivity contribution is 7.77. The maximum Gasteiger partial charge on any atom is 0.272 e. The van der Waals surface area contributed by atoms with Crippen molar-refractivity contribution in [2.45, 2.75) is 6.42 Å². The van der Waals surface area contributed by atoms with Crippen molar-refractivity contribution >= 4 is 17.0 Å². The first kappa shape index (κ1) is 12.7. The quantitative estimate of drug-likeness (QED) is 0.469. The average Bonchev–Trinajstić information content (AvgIpc) is 2.19. The third kappa shape index (κ3) is 3.65. The Morgan fingerprint density at radius 1 is 1.50 bits per heavy atom. The zero-order chi connectivity index (χ0) is 12.1. The molecule has 8 heteroatoms. The summed E-state index contributed by atoms with van der Waals surface area (Å²) in [7, 11) is 0. The van der Waals surface area contributed by atoms with Crippen molar-refractivity contribution in [1.82, 2.24) is 4.72 Å². The Balaban J connectivity index is 2.68. The lowest BCUT2D eigenvalue weighted by Crippen LogP contribution is -2.19. The van der Waals surface area contributed by atoms with Crippen LogP contribution in [0.2, 0.25) is 0 Å². The van der Waals surface area contributed by atoms with Crippen molar-refractivity contribution in [2.75, 3.05) is 6.54 Å². The van der Waals surface area contributed by atoms with Crippen LogP contribution in [0.4, 0.5) is 10.1 Å². The van der Waals surface area contributed by atoms with E-state index in [1.807, 2.05) is 0 Å². The summed E-state index contributed by atoms with van der Waals surface area (Å²) in [5.41, 5.74) is -0.106. The molecule has 0 saturated carbocycles. The predicted molar refractivity (Wildman–Crippen MR) is 53.7 cm³/mol. The van der Waals surface area contributed by atoms with Crippen LogP contribution < -0.4 is 4.72 Å². The lowest BCUT2D eigenvalue weighted by Gasteiger charge is -2.07. The van der Waals surface area contributed by atoms with Crippen molar-refractivity contribution in [2.24, 2.45) is 0 Å². The van der Waals surface area contributed by atoms with E-state index in [0.717, 1.165) is 6.07 Å². The molecule has 1 N–H and O–H groups in total. The van der Waals surface area contributed by atoms with Crippen molar-refractivity contribution in [3.8, 4) is 0 Å². The molecule has 0 spiro atoms. The molecule has 1 aromatic carbocycles. The molecule has 1 unspecified atom stereocenters. The highest BCUT2D eigenvalue weighted by atomic mass is 32.2. The number of hydrogen-bond acceptors (Lipinski definition) is 4. The maximum absolute atomic E-state index is 13.2. The molecule has 6 nitrogen and oxygen atoms in total. The van der Waals surface area contributed by atoms with Gasteiger partial charge in [-0.1, -0.05) is 0 Å². The van der Waals surface area contributed by atoms with E-state index in [9.17, 15) is 23.3 Å². The van der Waals surface area contributed by atoms with E-state index in [4.69, 9.17) is 0 Å². The first-order chi connectivity index (χ1) is 7.50. The summed E-state index contributed by atoms with van der Waals surface area (Å²) in [5, 5.41) is 10.3. The van der Waals surface area contributed by atoms with Gasteiger partial charge >= 0.3 is 0 Å². The molecule has 1 atom stereocenters. The standard InChI is InChI=1S/C8H9FN2O4S/c9-8-5-7(11(12)13)2-1-6(8)3-4-10-16(14)15/h1-2,5,10H,3-4H2,(H,14,15)/p-1. The van der Waals surface area contributed by atoms with Crippen molar-refractivity contribution in [3.63, 3.8) is 0 Å². The van der Waals surface area contributed by atoms with Gasteiger partial charge in [0.2, 0.25) is 0 Å². The second-order valence-electron chi connectivity index (χ2n) is 2.91. The molecule has 0 amide bonds. The van der Waals surface area contributed by atoms with Crippen LogP contribution in [0.25, 0.3) is 0 Å². The Kier molecular flexibility index (Phi) is 4.47.